The van der Waals surface area contributed by atoms with Crippen LogP contribution in [0.3, 0.4) is 0 Å². The summed E-state index contributed by atoms with van der Waals surface area (Å²) < 4.78 is 28.7. The molecule has 30 heavy (non-hydrogen) atoms. The van der Waals surface area contributed by atoms with Gasteiger partial charge >= 0.3 is 0 Å². The van der Waals surface area contributed by atoms with Crippen LogP contribution in [0.1, 0.15) is 43.8 Å². The molecule has 0 aliphatic heterocycles. The normalized spacial score (nSPS) is 15.8. The van der Waals surface area contributed by atoms with Gasteiger partial charge in [0.25, 0.3) is 5.69 Å². The van der Waals surface area contributed by atoms with Crippen LogP contribution in [0.15, 0.2) is 35.5 Å². The second-order valence-corrected chi connectivity index (χ2v) is 10.1. The summed E-state index contributed by atoms with van der Waals surface area (Å²) >= 11 is 0. The van der Waals surface area contributed by atoms with E-state index in [0.29, 0.717) is 12.2 Å². The summed E-state index contributed by atoms with van der Waals surface area (Å²) in [6.45, 7) is 0.841. The fraction of sp³-hybridized carbons (Fsp3) is 0.550. The van der Waals surface area contributed by atoms with Crippen molar-refractivity contribution in [1.29, 1.82) is 0 Å². The molecule has 9 nitrogen and oxygen atoms in total. The van der Waals surface area contributed by atoms with Crippen LogP contribution >= 0.6 is 0 Å². The lowest BCUT2D eigenvalue weighted by Crippen LogP contribution is -2.33. The lowest BCUT2D eigenvalue weighted by molar-refractivity contribution is -0.384. The first-order chi connectivity index (χ1) is 14.2. The van der Waals surface area contributed by atoms with E-state index >= 15 is 0 Å². The Kier molecular flexibility index (Phi) is 6.89. The molecule has 0 bridgehead atoms. The number of nitro benzene ring substituents is 1. The molecule has 0 saturated heterocycles. The second kappa shape index (κ2) is 9.23. The fourth-order valence-electron chi connectivity index (χ4n) is 3.84. The van der Waals surface area contributed by atoms with Crippen LogP contribution in [-0.4, -0.2) is 66.3 Å². The highest BCUT2D eigenvalue weighted by atomic mass is 32.2. The number of imidazole rings is 1. The van der Waals surface area contributed by atoms with Gasteiger partial charge in [0.15, 0.2) is 0 Å². The molecule has 1 heterocycles. The van der Waals surface area contributed by atoms with Crippen molar-refractivity contribution in [3.8, 4) is 5.69 Å². The number of sulfonamides is 1. The lowest BCUT2D eigenvalue weighted by Gasteiger charge is -2.22. The molecule has 0 atom stereocenters. The Balaban J connectivity index is 1.98. The van der Waals surface area contributed by atoms with Gasteiger partial charge < -0.3 is 4.90 Å². The lowest BCUT2D eigenvalue weighted by atomic mass is 9.88. The highest BCUT2D eigenvalue weighted by Crippen LogP contribution is 2.35. The Bertz CT molecular complexity index is 996. The van der Waals surface area contributed by atoms with E-state index in [1.165, 1.54) is 29.9 Å². The van der Waals surface area contributed by atoms with Crippen LogP contribution < -0.4 is 0 Å². The van der Waals surface area contributed by atoms with E-state index in [1.807, 2.05) is 19.0 Å². The molecule has 3 rings (SSSR count). The minimum Gasteiger partial charge on any atom is -0.308 e. The van der Waals surface area contributed by atoms with E-state index in [4.69, 9.17) is 0 Å². The summed E-state index contributed by atoms with van der Waals surface area (Å²) in [5.41, 5.74) is 0.0973. The van der Waals surface area contributed by atoms with Crippen LogP contribution in [0, 0.1) is 10.1 Å². The molecule has 0 radical (unpaired) electrons. The molecule has 1 aromatic heterocycles. The predicted molar refractivity (Wildman–Crippen MR) is 114 cm³/mol. The third kappa shape index (κ3) is 4.71. The average molecular weight is 436 g/mol. The second-order valence-electron chi connectivity index (χ2n) is 8.03. The minimum absolute atomic E-state index is 0.0847. The van der Waals surface area contributed by atoms with Gasteiger partial charge in [-0.2, -0.15) is 4.31 Å². The number of hydrogen-bond donors (Lipinski definition) is 0. The standard InChI is InChI=1S/C20H29N5O4S/c1-22(2)13-14-23(3)30(28,29)17-9-10-18(19(15-17)25(26)27)24-12-11-21-20(24)16-7-5-4-6-8-16/h9-12,15-16H,4-8,13-14H2,1-3H3. The van der Waals surface area contributed by atoms with E-state index in [-0.39, 0.29) is 23.0 Å². The zero-order chi connectivity index (χ0) is 21.9. The number of nitro groups is 1. The zero-order valence-electron chi connectivity index (χ0n) is 17.7. The molecule has 1 saturated carbocycles. The molecule has 1 aliphatic rings. The Morgan fingerprint density at radius 1 is 1.17 bits per heavy atom. The largest absolute Gasteiger partial charge is 0.308 e. The third-order valence-corrected chi connectivity index (χ3v) is 7.47. The summed E-state index contributed by atoms with van der Waals surface area (Å²) in [7, 11) is 1.36. The van der Waals surface area contributed by atoms with Crippen LogP contribution in [0.2, 0.25) is 0 Å². The number of aromatic nitrogens is 2. The first kappa shape index (κ1) is 22.4. The molecular formula is C20H29N5O4S. The zero-order valence-corrected chi connectivity index (χ0v) is 18.5. The number of rotatable bonds is 8. The summed E-state index contributed by atoms with van der Waals surface area (Å²) in [5, 5.41) is 11.8. The van der Waals surface area contributed by atoms with Gasteiger partial charge in [-0.15, -0.1) is 0 Å². The molecule has 0 N–H and O–H groups in total. The summed E-state index contributed by atoms with van der Waals surface area (Å²) in [6.07, 6.45) is 8.82. The van der Waals surface area contributed by atoms with Gasteiger partial charge in [-0.25, -0.2) is 13.4 Å². The molecule has 164 valence electrons. The molecule has 2 aromatic rings. The summed E-state index contributed by atoms with van der Waals surface area (Å²) in [4.78, 5) is 17.6. The molecule has 1 aromatic carbocycles. The van der Waals surface area contributed by atoms with Crippen molar-refractivity contribution >= 4 is 15.7 Å². The van der Waals surface area contributed by atoms with E-state index < -0.39 is 14.9 Å². The monoisotopic (exact) mass is 435 g/mol. The van der Waals surface area contributed by atoms with Crippen LogP contribution in [-0.2, 0) is 10.0 Å². The van der Waals surface area contributed by atoms with Crippen molar-refractivity contribution in [2.24, 2.45) is 0 Å². The van der Waals surface area contributed by atoms with Crippen LogP contribution in [0.4, 0.5) is 5.69 Å². The maximum absolute atomic E-state index is 12.9. The topological polar surface area (TPSA) is 102 Å². The third-order valence-electron chi connectivity index (χ3n) is 5.61. The number of nitrogens with zero attached hydrogens (tertiary/aromatic N) is 5. The van der Waals surface area contributed by atoms with Crippen molar-refractivity contribution in [1.82, 2.24) is 18.8 Å². The average Bonchev–Trinajstić information content (AvgIpc) is 3.21. The highest BCUT2D eigenvalue weighted by molar-refractivity contribution is 7.89. The molecule has 0 unspecified atom stereocenters. The van der Waals surface area contributed by atoms with Gasteiger partial charge in [-0.3, -0.25) is 14.7 Å². The van der Waals surface area contributed by atoms with Gasteiger partial charge in [0.2, 0.25) is 10.0 Å². The van der Waals surface area contributed by atoms with Gasteiger partial charge in [0.1, 0.15) is 11.5 Å². The van der Waals surface area contributed by atoms with Crippen LogP contribution in [0.5, 0.6) is 0 Å². The molecule has 0 amide bonds. The summed E-state index contributed by atoms with van der Waals surface area (Å²) in [5.74, 6) is 1.06. The van der Waals surface area contributed by atoms with Crippen molar-refractivity contribution < 1.29 is 13.3 Å². The Labute approximate surface area is 177 Å². The predicted octanol–water partition coefficient (Wildman–Crippen LogP) is 3.01. The van der Waals surface area contributed by atoms with E-state index in [0.717, 1.165) is 37.6 Å². The van der Waals surface area contributed by atoms with E-state index in [1.54, 1.807) is 17.0 Å². The van der Waals surface area contributed by atoms with Crippen molar-refractivity contribution in [3.05, 3.63) is 46.5 Å². The Morgan fingerprint density at radius 2 is 1.87 bits per heavy atom. The van der Waals surface area contributed by atoms with Gasteiger partial charge in [-0.1, -0.05) is 19.3 Å². The van der Waals surface area contributed by atoms with E-state index in [9.17, 15) is 18.5 Å². The van der Waals surface area contributed by atoms with Crippen molar-refractivity contribution in [2.45, 2.75) is 42.9 Å². The first-order valence-corrected chi connectivity index (χ1v) is 11.6. The fourth-order valence-corrected chi connectivity index (χ4v) is 5.02. The van der Waals surface area contributed by atoms with Crippen molar-refractivity contribution in [3.63, 3.8) is 0 Å². The number of likely N-dealkylation sites (N-methyl/N-ethyl adjacent to an activating group) is 2. The maximum atomic E-state index is 12.9. The van der Waals surface area contributed by atoms with Crippen LogP contribution in [0.25, 0.3) is 5.69 Å². The Morgan fingerprint density at radius 3 is 2.50 bits per heavy atom. The van der Waals surface area contributed by atoms with E-state index in [2.05, 4.69) is 4.98 Å². The van der Waals surface area contributed by atoms with Gasteiger partial charge in [0, 0.05) is 44.5 Å². The van der Waals surface area contributed by atoms with Crippen molar-refractivity contribution in [2.75, 3.05) is 34.2 Å². The quantitative estimate of drug-likeness (QED) is 0.467. The summed E-state index contributed by atoms with van der Waals surface area (Å²) in [6, 6.07) is 4.11. The Hall–Kier alpha value is -2.30. The molecular weight excluding hydrogens is 406 g/mol. The highest BCUT2D eigenvalue weighted by Gasteiger charge is 2.28. The number of hydrogen-bond acceptors (Lipinski definition) is 6. The molecule has 1 aliphatic carbocycles. The van der Waals surface area contributed by atoms with Gasteiger partial charge in [0.05, 0.1) is 9.82 Å². The van der Waals surface area contributed by atoms with Gasteiger partial charge in [-0.05, 0) is 39.1 Å². The molecule has 10 heteroatoms. The first-order valence-electron chi connectivity index (χ1n) is 10.1. The smallest absolute Gasteiger partial charge is 0.294 e. The minimum atomic E-state index is -3.83. The molecule has 0 spiro atoms. The maximum Gasteiger partial charge on any atom is 0.294 e. The molecule has 1 fully saturated rings. The number of benzene rings is 1. The SMILES string of the molecule is CN(C)CCN(C)S(=O)(=O)c1ccc(-n2ccnc2C2CCCCC2)c([N+](=O)[O-])c1.